The van der Waals surface area contributed by atoms with Crippen LogP contribution in [0.3, 0.4) is 0 Å². The average molecular weight is 352 g/mol. The molecule has 0 atom stereocenters. The molecule has 23 heavy (non-hydrogen) atoms. The van der Waals surface area contributed by atoms with Gasteiger partial charge >= 0.3 is 5.97 Å². The van der Waals surface area contributed by atoms with Gasteiger partial charge in [0.05, 0.1) is 11.6 Å². The monoisotopic (exact) mass is 351 g/mol. The Labute approximate surface area is 139 Å². The number of fused-ring (bicyclic) bond motifs is 1. The molecule has 1 N–H and O–H groups in total. The van der Waals surface area contributed by atoms with Gasteiger partial charge in [-0.3, -0.25) is 9.36 Å². The summed E-state index contributed by atoms with van der Waals surface area (Å²) in [5.41, 5.74) is -0.590. The normalized spacial score (nSPS) is 11.1. The molecule has 118 valence electrons. The first-order chi connectivity index (χ1) is 10.9. The maximum atomic E-state index is 13.4. The van der Waals surface area contributed by atoms with E-state index in [2.05, 4.69) is 0 Å². The van der Waals surface area contributed by atoms with Gasteiger partial charge in [0.2, 0.25) is 0 Å². The molecule has 0 amide bonds. The summed E-state index contributed by atoms with van der Waals surface area (Å²) in [4.78, 5) is 25.4. The lowest BCUT2D eigenvalue weighted by Crippen LogP contribution is -2.27. The number of rotatable bonds is 3. The van der Waals surface area contributed by atoms with Crippen LogP contribution in [0.1, 0.15) is 20.8 Å². The van der Waals surface area contributed by atoms with Gasteiger partial charge in [0.15, 0.2) is 0 Å². The highest BCUT2D eigenvalue weighted by molar-refractivity contribution is 7.18. The predicted molar refractivity (Wildman–Crippen MR) is 88.3 cm³/mol. The van der Waals surface area contributed by atoms with Gasteiger partial charge in [-0.05, 0) is 30.7 Å². The van der Waals surface area contributed by atoms with E-state index in [1.165, 1.54) is 28.0 Å². The van der Waals surface area contributed by atoms with Crippen molar-refractivity contribution < 1.29 is 14.3 Å². The van der Waals surface area contributed by atoms with Gasteiger partial charge in [0.1, 0.15) is 16.2 Å². The Hall–Kier alpha value is -2.18. The largest absolute Gasteiger partial charge is 0.477 e. The summed E-state index contributed by atoms with van der Waals surface area (Å²) in [6, 6.07) is 7.59. The third kappa shape index (κ3) is 2.75. The Morgan fingerprint density at radius 2 is 2.13 bits per heavy atom. The zero-order valence-corrected chi connectivity index (χ0v) is 13.5. The number of nitrogens with zero attached hydrogens (tertiary/aromatic N) is 1. The molecule has 0 radical (unpaired) electrons. The Morgan fingerprint density at radius 1 is 1.39 bits per heavy atom. The minimum Gasteiger partial charge on any atom is -0.477 e. The van der Waals surface area contributed by atoms with Gasteiger partial charge in [0.25, 0.3) is 5.56 Å². The molecule has 7 heteroatoms. The maximum Gasteiger partial charge on any atom is 0.342 e. The van der Waals surface area contributed by atoms with Gasteiger partial charge in [-0.1, -0.05) is 23.7 Å². The number of carboxylic acid groups (broad SMARTS) is 1. The standard InChI is InChI=1S/C16H11ClFNO3S/c1-8-5-11-13(17)12(16(21)22)14(20)19(15(11)23-8)7-9-3-2-4-10(18)6-9/h2-6H,7H2,1H3,(H,21,22). The Bertz CT molecular complexity index is 993. The smallest absolute Gasteiger partial charge is 0.342 e. The molecule has 1 aromatic carbocycles. The van der Waals surface area contributed by atoms with Crippen LogP contribution in [0.25, 0.3) is 10.2 Å². The first-order valence-electron chi connectivity index (χ1n) is 6.68. The van der Waals surface area contributed by atoms with Crippen LogP contribution in [0.4, 0.5) is 4.39 Å². The van der Waals surface area contributed by atoms with Gasteiger partial charge in [-0.25, -0.2) is 9.18 Å². The topological polar surface area (TPSA) is 59.3 Å². The lowest BCUT2D eigenvalue weighted by molar-refractivity contribution is 0.0694. The number of aryl methyl sites for hydroxylation is 1. The molecule has 0 bridgehead atoms. The van der Waals surface area contributed by atoms with E-state index in [1.807, 2.05) is 6.92 Å². The van der Waals surface area contributed by atoms with E-state index in [1.54, 1.807) is 18.2 Å². The van der Waals surface area contributed by atoms with Crippen molar-refractivity contribution in [2.45, 2.75) is 13.5 Å². The van der Waals surface area contributed by atoms with E-state index in [0.29, 0.717) is 15.8 Å². The second kappa shape index (κ2) is 5.79. The fraction of sp³-hybridized carbons (Fsp3) is 0.125. The summed E-state index contributed by atoms with van der Waals surface area (Å²) in [5, 5.41) is 9.75. The number of aromatic carboxylic acids is 1. The zero-order valence-electron chi connectivity index (χ0n) is 12.0. The Kier molecular flexibility index (Phi) is 3.95. The van der Waals surface area contributed by atoms with Crippen LogP contribution in [0.2, 0.25) is 5.02 Å². The van der Waals surface area contributed by atoms with Crippen molar-refractivity contribution in [2.24, 2.45) is 0 Å². The van der Waals surface area contributed by atoms with Crippen LogP contribution < -0.4 is 5.56 Å². The molecule has 0 fully saturated rings. The predicted octanol–water partition coefficient (Wildman–Crippen LogP) is 3.91. The summed E-state index contributed by atoms with van der Waals surface area (Å²) >= 11 is 7.45. The minimum absolute atomic E-state index is 0.0580. The molecule has 4 nitrogen and oxygen atoms in total. The molecule has 2 aromatic heterocycles. The Balaban J connectivity index is 2.30. The van der Waals surface area contributed by atoms with Crippen molar-refractivity contribution in [3.05, 3.63) is 67.5 Å². The van der Waals surface area contributed by atoms with Crippen LogP contribution in [0.15, 0.2) is 35.1 Å². The van der Waals surface area contributed by atoms with E-state index >= 15 is 0 Å². The molecule has 0 aliphatic rings. The molecular weight excluding hydrogens is 341 g/mol. The quantitative estimate of drug-likeness (QED) is 0.778. The second-order valence-corrected chi connectivity index (χ2v) is 6.70. The highest BCUT2D eigenvalue weighted by Gasteiger charge is 2.22. The van der Waals surface area contributed by atoms with E-state index < -0.39 is 22.9 Å². The van der Waals surface area contributed by atoms with Crippen LogP contribution >= 0.6 is 22.9 Å². The number of hydrogen-bond donors (Lipinski definition) is 1. The number of pyridine rings is 1. The summed E-state index contributed by atoms with van der Waals surface area (Å²) in [7, 11) is 0. The fourth-order valence-electron chi connectivity index (χ4n) is 2.46. The van der Waals surface area contributed by atoms with Gasteiger partial charge in [0, 0.05) is 10.3 Å². The van der Waals surface area contributed by atoms with Crippen LogP contribution in [-0.4, -0.2) is 15.6 Å². The SMILES string of the molecule is Cc1cc2c(Cl)c(C(=O)O)c(=O)n(Cc3cccc(F)c3)c2s1. The first-order valence-corrected chi connectivity index (χ1v) is 7.88. The molecule has 0 spiro atoms. The first kappa shape index (κ1) is 15.7. The van der Waals surface area contributed by atoms with Crippen molar-refractivity contribution in [2.75, 3.05) is 0 Å². The molecule has 3 aromatic rings. The van der Waals surface area contributed by atoms with Crippen molar-refractivity contribution >= 4 is 39.1 Å². The number of carboxylic acids is 1. The number of thiophene rings is 1. The third-order valence-electron chi connectivity index (χ3n) is 3.44. The van der Waals surface area contributed by atoms with Crippen LogP contribution in [0, 0.1) is 12.7 Å². The molecule has 0 saturated carbocycles. The maximum absolute atomic E-state index is 13.4. The molecule has 0 aliphatic heterocycles. The van der Waals surface area contributed by atoms with E-state index in [-0.39, 0.29) is 11.6 Å². The number of carbonyl (C=O) groups is 1. The number of hydrogen-bond acceptors (Lipinski definition) is 3. The molecular formula is C16H11ClFNO3S. The Morgan fingerprint density at radius 3 is 2.78 bits per heavy atom. The van der Waals surface area contributed by atoms with E-state index in [0.717, 1.165) is 4.88 Å². The van der Waals surface area contributed by atoms with E-state index in [9.17, 15) is 19.1 Å². The summed E-state index contributed by atoms with van der Waals surface area (Å²) in [5.74, 6) is -1.79. The number of aromatic nitrogens is 1. The average Bonchev–Trinajstić information content (AvgIpc) is 2.85. The van der Waals surface area contributed by atoms with Crippen molar-refractivity contribution in [1.82, 2.24) is 4.57 Å². The van der Waals surface area contributed by atoms with Gasteiger partial charge < -0.3 is 5.11 Å². The zero-order chi connectivity index (χ0) is 16.7. The molecule has 2 heterocycles. The molecule has 0 aliphatic carbocycles. The molecule has 3 rings (SSSR count). The van der Waals surface area contributed by atoms with Crippen molar-refractivity contribution in [3.8, 4) is 0 Å². The number of benzene rings is 1. The molecule has 0 unspecified atom stereocenters. The van der Waals surface area contributed by atoms with Crippen LogP contribution in [-0.2, 0) is 6.54 Å². The van der Waals surface area contributed by atoms with Gasteiger partial charge in [-0.15, -0.1) is 11.3 Å². The summed E-state index contributed by atoms with van der Waals surface area (Å²) in [6.07, 6.45) is 0. The lowest BCUT2D eigenvalue weighted by Gasteiger charge is -2.11. The van der Waals surface area contributed by atoms with Crippen molar-refractivity contribution in [1.29, 1.82) is 0 Å². The highest BCUT2D eigenvalue weighted by Crippen LogP contribution is 2.32. The summed E-state index contributed by atoms with van der Waals surface area (Å²) < 4.78 is 14.7. The summed E-state index contributed by atoms with van der Waals surface area (Å²) in [6.45, 7) is 1.92. The fourth-order valence-corrected chi connectivity index (χ4v) is 3.83. The lowest BCUT2D eigenvalue weighted by atomic mass is 10.2. The number of halogens is 2. The van der Waals surface area contributed by atoms with Crippen molar-refractivity contribution in [3.63, 3.8) is 0 Å². The highest BCUT2D eigenvalue weighted by atomic mass is 35.5. The molecule has 0 saturated heterocycles. The third-order valence-corrected chi connectivity index (χ3v) is 4.91. The van der Waals surface area contributed by atoms with E-state index in [4.69, 9.17) is 11.6 Å². The van der Waals surface area contributed by atoms with Crippen LogP contribution in [0.5, 0.6) is 0 Å². The van der Waals surface area contributed by atoms with Gasteiger partial charge in [-0.2, -0.15) is 0 Å². The minimum atomic E-state index is -1.38. The second-order valence-electron chi connectivity index (χ2n) is 5.09.